The van der Waals surface area contributed by atoms with Gasteiger partial charge in [0.2, 0.25) is 11.9 Å². The first-order valence-electron chi connectivity index (χ1n) is 8.59. The standard InChI is InChI=1S/C18H18N8O/c27-16-14-12-23-26(13-6-2-1-3-7-13)15(14)24-18(25-16)22-11-5-10-21-17-19-8-4-9-20-17/h1-4,6-9,12H,5,10-11H2,(H,19,20,21)(H2,22,24,25,27). The second kappa shape index (κ2) is 7.65. The van der Waals surface area contributed by atoms with Gasteiger partial charge in [-0.15, -0.1) is 0 Å². The van der Waals surface area contributed by atoms with Crippen LogP contribution in [0, 0.1) is 0 Å². The van der Waals surface area contributed by atoms with Crippen molar-refractivity contribution in [2.75, 3.05) is 23.7 Å². The van der Waals surface area contributed by atoms with E-state index in [1.807, 2.05) is 30.3 Å². The van der Waals surface area contributed by atoms with Crippen LogP contribution in [0.15, 0.2) is 59.8 Å². The molecule has 0 unspecified atom stereocenters. The molecule has 0 aliphatic carbocycles. The minimum atomic E-state index is -0.222. The average Bonchev–Trinajstić information content (AvgIpc) is 3.14. The molecule has 27 heavy (non-hydrogen) atoms. The maximum absolute atomic E-state index is 12.3. The zero-order chi connectivity index (χ0) is 18.5. The number of rotatable bonds is 7. The van der Waals surface area contributed by atoms with Gasteiger partial charge in [0.15, 0.2) is 5.65 Å². The third-order valence-corrected chi connectivity index (χ3v) is 3.93. The van der Waals surface area contributed by atoms with Crippen LogP contribution in [0.2, 0.25) is 0 Å². The molecule has 0 saturated carbocycles. The Labute approximate surface area is 154 Å². The predicted octanol–water partition coefficient (Wildman–Crippen LogP) is 1.81. The molecule has 9 nitrogen and oxygen atoms in total. The van der Waals surface area contributed by atoms with E-state index >= 15 is 0 Å². The Bertz CT molecular complexity index is 1070. The molecule has 0 aliphatic heterocycles. The molecule has 4 aromatic rings. The lowest BCUT2D eigenvalue weighted by molar-refractivity contribution is 0.874. The van der Waals surface area contributed by atoms with E-state index in [1.54, 1.807) is 23.1 Å². The SMILES string of the molecule is O=c1[nH]c(NCCCNc2ncccn2)nc2c1cnn2-c1ccccc1. The molecule has 3 N–H and O–H groups in total. The van der Waals surface area contributed by atoms with Crippen molar-refractivity contribution in [2.45, 2.75) is 6.42 Å². The Balaban J connectivity index is 1.44. The van der Waals surface area contributed by atoms with Crippen LogP contribution in [0.4, 0.5) is 11.9 Å². The Kier molecular flexibility index (Phi) is 4.73. The molecule has 0 saturated heterocycles. The first-order chi connectivity index (χ1) is 13.3. The van der Waals surface area contributed by atoms with Crippen molar-refractivity contribution < 1.29 is 0 Å². The highest BCUT2D eigenvalue weighted by molar-refractivity contribution is 5.76. The van der Waals surface area contributed by atoms with Crippen molar-refractivity contribution in [3.8, 4) is 5.69 Å². The van der Waals surface area contributed by atoms with E-state index in [1.165, 1.54) is 6.20 Å². The van der Waals surface area contributed by atoms with Gasteiger partial charge < -0.3 is 10.6 Å². The summed E-state index contributed by atoms with van der Waals surface area (Å²) in [5.41, 5.74) is 1.15. The quantitative estimate of drug-likeness (QED) is 0.430. The topological polar surface area (TPSA) is 113 Å². The van der Waals surface area contributed by atoms with E-state index in [4.69, 9.17) is 0 Å². The molecule has 0 radical (unpaired) electrons. The number of hydrogen-bond donors (Lipinski definition) is 3. The molecule has 1 aromatic carbocycles. The lowest BCUT2D eigenvalue weighted by Crippen LogP contribution is -2.16. The lowest BCUT2D eigenvalue weighted by Gasteiger charge is -2.07. The van der Waals surface area contributed by atoms with Crippen LogP contribution in [0.5, 0.6) is 0 Å². The van der Waals surface area contributed by atoms with Gasteiger partial charge in [-0.1, -0.05) is 18.2 Å². The number of benzene rings is 1. The number of nitrogens with one attached hydrogen (secondary N) is 3. The molecule has 4 rings (SSSR count). The molecule has 3 aromatic heterocycles. The van der Waals surface area contributed by atoms with Gasteiger partial charge in [-0.25, -0.2) is 14.6 Å². The van der Waals surface area contributed by atoms with Crippen molar-refractivity contribution in [3.63, 3.8) is 0 Å². The summed E-state index contributed by atoms with van der Waals surface area (Å²) < 4.78 is 1.66. The first kappa shape index (κ1) is 16.7. The maximum Gasteiger partial charge on any atom is 0.263 e. The van der Waals surface area contributed by atoms with Gasteiger partial charge in [-0.05, 0) is 24.6 Å². The molecule has 9 heteroatoms. The van der Waals surface area contributed by atoms with Crippen molar-refractivity contribution >= 4 is 22.9 Å². The third-order valence-electron chi connectivity index (χ3n) is 3.93. The largest absolute Gasteiger partial charge is 0.356 e. The van der Waals surface area contributed by atoms with Crippen LogP contribution < -0.4 is 16.2 Å². The van der Waals surface area contributed by atoms with Gasteiger partial charge in [0.1, 0.15) is 5.39 Å². The van der Waals surface area contributed by atoms with E-state index in [9.17, 15) is 4.79 Å². The fourth-order valence-electron chi connectivity index (χ4n) is 2.65. The monoisotopic (exact) mass is 362 g/mol. The van der Waals surface area contributed by atoms with E-state index in [0.29, 0.717) is 36.0 Å². The molecule has 0 fully saturated rings. The molecular weight excluding hydrogens is 344 g/mol. The summed E-state index contributed by atoms with van der Waals surface area (Å²) in [4.78, 5) is 27.8. The summed E-state index contributed by atoms with van der Waals surface area (Å²) in [6.45, 7) is 1.33. The fourth-order valence-corrected chi connectivity index (χ4v) is 2.65. The molecule has 0 amide bonds. The smallest absolute Gasteiger partial charge is 0.263 e. The number of nitrogens with zero attached hydrogens (tertiary/aromatic N) is 5. The summed E-state index contributed by atoms with van der Waals surface area (Å²) in [6.07, 6.45) is 5.71. The van der Waals surface area contributed by atoms with Gasteiger partial charge in [-0.2, -0.15) is 10.1 Å². The van der Waals surface area contributed by atoms with Gasteiger partial charge in [-0.3, -0.25) is 9.78 Å². The first-order valence-corrected chi connectivity index (χ1v) is 8.59. The average molecular weight is 362 g/mol. The molecule has 0 aliphatic rings. The van der Waals surface area contributed by atoms with Crippen LogP contribution in [0.25, 0.3) is 16.7 Å². The summed E-state index contributed by atoms with van der Waals surface area (Å²) in [7, 11) is 0. The highest BCUT2D eigenvalue weighted by Crippen LogP contribution is 2.14. The summed E-state index contributed by atoms with van der Waals surface area (Å²) in [5, 5.41) is 11.0. The Morgan fingerprint density at radius 2 is 1.78 bits per heavy atom. The maximum atomic E-state index is 12.3. The van der Waals surface area contributed by atoms with Gasteiger partial charge >= 0.3 is 0 Å². The van der Waals surface area contributed by atoms with Crippen LogP contribution in [0.3, 0.4) is 0 Å². The van der Waals surface area contributed by atoms with Gasteiger partial charge in [0, 0.05) is 25.5 Å². The van der Waals surface area contributed by atoms with Crippen LogP contribution in [-0.2, 0) is 0 Å². The summed E-state index contributed by atoms with van der Waals surface area (Å²) >= 11 is 0. The molecule has 0 bridgehead atoms. The number of hydrogen-bond acceptors (Lipinski definition) is 7. The number of fused-ring (bicyclic) bond motifs is 1. The highest BCUT2D eigenvalue weighted by Gasteiger charge is 2.11. The lowest BCUT2D eigenvalue weighted by atomic mass is 10.3. The minimum Gasteiger partial charge on any atom is -0.356 e. The summed E-state index contributed by atoms with van der Waals surface area (Å²) in [5.74, 6) is 1.01. The van der Waals surface area contributed by atoms with Gasteiger partial charge in [0.05, 0.1) is 11.9 Å². The number of H-pyrrole nitrogens is 1. The Morgan fingerprint density at radius 3 is 2.59 bits per heavy atom. The number of para-hydroxylation sites is 1. The number of aromatic amines is 1. The normalized spacial score (nSPS) is 10.8. The molecule has 3 heterocycles. The second-order valence-corrected chi connectivity index (χ2v) is 5.82. The Morgan fingerprint density at radius 1 is 1.00 bits per heavy atom. The van der Waals surface area contributed by atoms with Crippen LogP contribution >= 0.6 is 0 Å². The minimum absolute atomic E-state index is 0.222. The fraction of sp³-hybridized carbons (Fsp3) is 0.167. The predicted molar refractivity (Wildman–Crippen MR) is 103 cm³/mol. The van der Waals surface area contributed by atoms with Crippen molar-refractivity contribution in [2.24, 2.45) is 0 Å². The summed E-state index contributed by atoms with van der Waals surface area (Å²) in [6, 6.07) is 11.4. The molecule has 0 spiro atoms. The van der Waals surface area contributed by atoms with Crippen molar-refractivity contribution in [3.05, 3.63) is 65.3 Å². The number of aromatic nitrogens is 6. The molecule has 136 valence electrons. The Hall–Kier alpha value is -3.75. The molecule has 0 atom stereocenters. The molecular formula is C18H18N8O. The van der Waals surface area contributed by atoms with Crippen molar-refractivity contribution in [1.29, 1.82) is 0 Å². The zero-order valence-electron chi connectivity index (χ0n) is 14.5. The van der Waals surface area contributed by atoms with Crippen LogP contribution in [-0.4, -0.2) is 42.8 Å². The van der Waals surface area contributed by atoms with Gasteiger partial charge in [0.25, 0.3) is 5.56 Å². The van der Waals surface area contributed by atoms with E-state index in [0.717, 1.165) is 12.1 Å². The van der Waals surface area contributed by atoms with E-state index < -0.39 is 0 Å². The highest BCUT2D eigenvalue weighted by atomic mass is 16.1. The third kappa shape index (κ3) is 3.76. The second-order valence-electron chi connectivity index (χ2n) is 5.82. The van der Waals surface area contributed by atoms with Crippen LogP contribution in [0.1, 0.15) is 6.42 Å². The van der Waals surface area contributed by atoms with E-state index in [-0.39, 0.29) is 5.56 Å². The van der Waals surface area contributed by atoms with E-state index in [2.05, 4.69) is 35.7 Å². The number of anilines is 2. The zero-order valence-corrected chi connectivity index (χ0v) is 14.5. The van der Waals surface area contributed by atoms with Crippen molar-refractivity contribution in [1.82, 2.24) is 29.7 Å².